The molecule has 2 aromatic rings. The maximum Gasteiger partial charge on any atom is 0.280 e. The molecule has 140 valence electrons. The summed E-state index contributed by atoms with van der Waals surface area (Å²) in [4.78, 5) is 14.7. The van der Waals surface area contributed by atoms with Crippen LogP contribution >= 0.6 is 0 Å². The van der Waals surface area contributed by atoms with Crippen LogP contribution in [0.15, 0.2) is 36.5 Å². The van der Waals surface area contributed by atoms with E-state index < -0.39 is 12.3 Å². The number of benzene rings is 1. The van der Waals surface area contributed by atoms with Crippen molar-refractivity contribution >= 4 is 5.91 Å². The van der Waals surface area contributed by atoms with Gasteiger partial charge in [-0.1, -0.05) is 30.3 Å². The number of hydrogen-bond acceptors (Lipinski definition) is 3. The van der Waals surface area contributed by atoms with Crippen LogP contribution in [-0.4, -0.2) is 46.3 Å². The maximum atomic E-state index is 13.1. The van der Waals surface area contributed by atoms with Crippen LogP contribution in [0, 0.1) is 0 Å². The second-order valence-corrected chi connectivity index (χ2v) is 6.69. The lowest BCUT2D eigenvalue weighted by Gasteiger charge is -2.32. The van der Waals surface area contributed by atoms with Crippen LogP contribution in [0.2, 0.25) is 0 Å². The lowest BCUT2D eigenvalue weighted by atomic mass is 10.0. The number of alkyl halides is 2. The average Bonchev–Trinajstić information content (AvgIpc) is 3.04. The monoisotopic (exact) mass is 362 g/mol. The number of halogens is 2. The normalized spacial score (nSPS) is 16.2. The summed E-state index contributed by atoms with van der Waals surface area (Å²) in [5.41, 5.74) is 0.954. The van der Waals surface area contributed by atoms with Gasteiger partial charge in [0.25, 0.3) is 12.3 Å². The Hall–Kier alpha value is -2.28. The Labute approximate surface area is 152 Å². The van der Waals surface area contributed by atoms with Crippen molar-refractivity contribution in [3.8, 4) is 0 Å². The fraction of sp³-hybridized carbons (Fsp3) is 0.474. The highest BCUT2D eigenvalue weighted by Gasteiger charge is 2.26. The molecule has 1 saturated heterocycles. The minimum absolute atomic E-state index is 0.0150. The van der Waals surface area contributed by atoms with E-state index in [1.165, 1.54) is 18.8 Å². The Morgan fingerprint density at radius 1 is 1.27 bits per heavy atom. The fourth-order valence-electron chi connectivity index (χ4n) is 3.38. The molecule has 1 amide bonds. The summed E-state index contributed by atoms with van der Waals surface area (Å²) in [5, 5.41) is 6.67. The highest BCUT2D eigenvalue weighted by molar-refractivity contribution is 5.95. The Morgan fingerprint density at radius 3 is 2.62 bits per heavy atom. The number of nitrogens with zero attached hydrogens (tertiary/aromatic N) is 3. The van der Waals surface area contributed by atoms with Crippen molar-refractivity contribution in [1.29, 1.82) is 0 Å². The Bertz CT molecular complexity index is 724. The molecule has 3 rings (SSSR count). The van der Waals surface area contributed by atoms with Crippen LogP contribution in [0.3, 0.4) is 0 Å². The summed E-state index contributed by atoms with van der Waals surface area (Å²) in [6.45, 7) is 2.78. The van der Waals surface area contributed by atoms with E-state index in [1.54, 1.807) is 0 Å². The smallest absolute Gasteiger partial charge is 0.280 e. The Morgan fingerprint density at radius 2 is 1.96 bits per heavy atom. The average molecular weight is 362 g/mol. The van der Waals surface area contributed by atoms with Crippen molar-refractivity contribution in [3.05, 3.63) is 53.3 Å². The van der Waals surface area contributed by atoms with E-state index in [1.807, 2.05) is 18.2 Å². The van der Waals surface area contributed by atoms with Gasteiger partial charge < -0.3 is 10.2 Å². The number of carbonyl (C=O) groups excluding carboxylic acids is 1. The largest absolute Gasteiger partial charge is 0.349 e. The third-order valence-corrected chi connectivity index (χ3v) is 4.92. The predicted octanol–water partition coefficient (Wildman–Crippen LogP) is 2.79. The quantitative estimate of drug-likeness (QED) is 0.860. The summed E-state index contributed by atoms with van der Waals surface area (Å²) in [5.74, 6) is -0.462. The molecule has 26 heavy (non-hydrogen) atoms. The molecule has 0 radical (unpaired) electrons. The van der Waals surface area contributed by atoms with Crippen LogP contribution in [-0.2, 0) is 13.5 Å². The molecule has 0 aliphatic carbocycles. The number of aryl methyl sites for hydroxylation is 1. The first-order valence-corrected chi connectivity index (χ1v) is 8.92. The molecule has 0 spiro atoms. The minimum atomic E-state index is -2.72. The number of amides is 1. The zero-order valence-corrected chi connectivity index (χ0v) is 14.9. The van der Waals surface area contributed by atoms with E-state index in [-0.39, 0.29) is 17.3 Å². The number of likely N-dealkylation sites (tertiary alicyclic amines) is 1. The molecule has 7 heteroatoms. The Balaban J connectivity index is 1.47. The van der Waals surface area contributed by atoms with E-state index in [0.717, 1.165) is 43.6 Å². The van der Waals surface area contributed by atoms with Gasteiger partial charge in [-0.25, -0.2) is 8.78 Å². The fourth-order valence-corrected chi connectivity index (χ4v) is 3.38. The number of nitrogens with one attached hydrogen (secondary N) is 1. The molecule has 1 aliphatic heterocycles. The van der Waals surface area contributed by atoms with E-state index in [2.05, 4.69) is 27.4 Å². The first kappa shape index (κ1) is 18.5. The summed E-state index contributed by atoms with van der Waals surface area (Å²) in [7, 11) is 1.42. The van der Waals surface area contributed by atoms with Crippen molar-refractivity contribution in [3.63, 3.8) is 0 Å². The van der Waals surface area contributed by atoms with Gasteiger partial charge in [-0.15, -0.1) is 0 Å². The molecule has 1 N–H and O–H groups in total. The predicted molar refractivity (Wildman–Crippen MR) is 95.2 cm³/mol. The Kier molecular flexibility index (Phi) is 5.98. The maximum absolute atomic E-state index is 13.1. The van der Waals surface area contributed by atoms with Gasteiger partial charge in [0.1, 0.15) is 5.69 Å². The van der Waals surface area contributed by atoms with Crippen molar-refractivity contribution < 1.29 is 13.6 Å². The van der Waals surface area contributed by atoms with E-state index in [4.69, 9.17) is 0 Å². The van der Waals surface area contributed by atoms with Gasteiger partial charge in [-0.2, -0.15) is 5.10 Å². The van der Waals surface area contributed by atoms with E-state index >= 15 is 0 Å². The molecule has 0 atom stereocenters. The number of rotatable bonds is 6. The molecule has 1 aromatic carbocycles. The van der Waals surface area contributed by atoms with Gasteiger partial charge in [0.2, 0.25) is 0 Å². The molecule has 5 nitrogen and oxygen atoms in total. The zero-order chi connectivity index (χ0) is 18.5. The first-order valence-electron chi connectivity index (χ1n) is 8.92. The van der Waals surface area contributed by atoms with Crippen molar-refractivity contribution in [2.24, 2.45) is 7.05 Å². The first-order chi connectivity index (χ1) is 12.5. The van der Waals surface area contributed by atoms with Crippen LogP contribution in [0.4, 0.5) is 8.78 Å². The molecular formula is C19H24F2N4O. The highest BCUT2D eigenvalue weighted by atomic mass is 19.3. The second-order valence-electron chi connectivity index (χ2n) is 6.69. The van der Waals surface area contributed by atoms with E-state index in [9.17, 15) is 13.6 Å². The lowest BCUT2D eigenvalue weighted by molar-refractivity contribution is 0.0895. The van der Waals surface area contributed by atoms with Gasteiger partial charge in [0.15, 0.2) is 0 Å². The third-order valence-electron chi connectivity index (χ3n) is 4.92. The molecule has 0 saturated carbocycles. The molecule has 1 aromatic heterocycles. The van der Waals surface area contributed by atoms with Crippen LogP contribution < -0.4 is 5.32 Å². The third kappa shape index (κ3) is 4.46. The second kappa shape index (κ2) is 8.40. The summed E-state index contributed by atoms with van der Waals surface area (Å²) >= 11 is 0. The molecule has 0 bridgehead atoms. The number of hydrogen-bond donors (Lipinski definition) is 1. The molecule has 1 aliphatic rings. The van der Waals surface area contributed by atoms with E-state index in [0.29, 0.717) is 0 Å². The zero-order valence-electron chi connectivity index (χ0n) is 14.9. The van der Waals surface area contributed by atoms with Crippen molar-refractivity contribution in [2.75, 3.05) is 19.6 Å². The lowest BCUT2D eigenvalue weighted by Crippen LogP contribution is -2.45. The number of piperidine rings is 1. The summed E-state index contributed by atoms with van der Waals surface area (Å²) < 4.78 is 27.2. The van der Waals surface area contributed by atoms with Crippen LogP contribution in [0.1, 0.15) is 40.9 Å². The van der Waals surface area contributed by atoms with Gasteiger partial charge in [0.05, 0.1) is 11.8 Å². The number of aromatic nitrogens is 2. The molecule has 2 heterocycles. The minimum Gasteiger partial charge on any atom is -0.349 e. The summed E-state index contributed by atoms with van der Waals surface area (Å²) in [6.07, 6.45) is 1.15. The molecular weight excluding hydrogens is 338 g/mol. The van der Waals surface area contributed by atoms with Gasteiger partial charge >= 0.3 is 0 Å². The topological polar surface area (TPSA) is 50.2 Å². The molecule has 1 fully saturated rings. The SMILES string of the molecule is Cn1ncc(C(=O)NC2CCN(CCc3ccccc3)CC2)c1C(F)F. The standard InChI is InChI=1S/C19H24F2N4O/c1-24-17(18(20)21)16(13-22-24)19(26)23-15-8-11-25(12-9-15)10-7-14-5-3-2-4-6-14/h2-6,13,15,18H,7-12H2,1H3,(H,23,26). The van der Waals surface area contributed by atoms with Crippen molar-refractivity contribution in [2.45, 2.75) is 31.7 Å². The van der Waals surface area contributed by atoms with Crippen LogP contribution in [0.25, 0.3) is 0 Å². The summed E-state index contributed by atoms with van der Waals surface area (Å²) in [6, 6.07) is 10.4. The van der Waals surface area contributed by atoms with Gasteiger partial charge in [-0.05, 0) is 24.8 Å². The van der Waals surface area contributed by atoms with Crippen LogP contribution in [0.5, 0.6) is 0 Å². The van der Waals surface area contributed by atoms with Gasteiger partial charge in [0, 0.05) is 32.7 Å². The van der Waals surface area contributed by atoms with Crippen molar-refractivity contribution in [1.82, 2.24) is 20.0 Å². The molecule has 0 unspecified atom stereocenters. The highest BCUT2D eigenvalue weighted by Crippen LogP contribution is 2.22. The number of carbonyl (C=O) groups is 1. The van der Waals surface area contributed by atoms with Gasteiger partial charge in [-0.3, -0.25) is 9.48 Å².